The van der Waals surface area contributed by atoms with Gasteiger partial charge in [0.2, 0.25) is 0 Å². The van der Waals surface area contributed by atoms with Crippen molar-refractivity contribution in [1.82, 2.24) is 15.6 Å². The third-order valence-electron chi connectivity index (χ3n) is 4.96. The average molecular weight is 336 g/mol. The molecule has 1 aromatic carbocycles. The van der Waals surface area contributed by atoms with Crippen molar-refractivity contribution < 1.29 is 4.79 Å². The number of nitrogens with one attached hydrogen (secondary N) is 2. The number of rotatable bonds is 5. The Balaban J connectivity index is 1.45. The lowest BCUT2D eigenvalue weighted by molar-refractivity contribution is 0.0951. The maximum absolute atomic E-state index is 12.3. The first-order valence-electron chi connectivity index (χ1n) is 9.07. The largest absolute Gasteiger partial charge is 0.353 e. The zero-order valence-electron chi connectivity index (χ0n) is 14.3. The van der Waals surface area contributed by atoms with Gasteiger partial charge < -0.3 is 15.5 Å². The summed E-state index contributed by atoms with van der Waals surface area (Å²) in [6, 6.07) is 14.5. The second-order valence-electron chi connectivity index (χ2n) is 6.92. The molecule has 4 rings (SSSR count). The molecule has 1 aliphatic carbocycles. The number of anilines is 1. The van der Waals surface area contributed by atoms with Gasteiger partial charge in [0.25, 0.3) is 5.91 Å². The molecule has 2 heterocycles. The zero-order valence-corrected chi connectivity index (χ0v) is 14.3. The topological polar surface area (TPSA) is 57.3 Å². The minimum atomic E-state index is 0.00490. The summed E-state index contributed by atoms with van der Waals surface area (Å²) in [6.07, 6.45) is 4.22. The van der Waals surface area contributed by atoms with E-state index >= 15 is 0 Å². The molecule has 1 aliphatic heterocycles. The van der Waals surface area contributed by atoms with Gasteiger partial charge in [-0.15, -0.1) is 0 Å². The summed E-state index contributed by atoms with van der Waals surface area (Å²) in [5.74, 6) is 1.57. The number of nitrogens with zero attached hydrogens (tertiary/aromatic N) is 2. The van der Waals surface area contributed by atoms with Crippen LogP contribution in [-0.2, 0) is 0 Å². The summed E-state index contributed by atoms with van der Waals surface area (Å²) >= 11 is 0. The van der Waals surface area contributed by atoms with Crippen LogP contribution in [0.25, 0.3) is 0 Å². The van der Waals surface area contributed by atoms with E-state index in [1.54, 1.807) is 12.3 Å². The van der Waals surface area contributed by atoms with Crippen molar-refractivity contribution >= 4 is 11.7 Å². The van der Waals surface area contributed by atoms with Crippen molar-refractivity contribution in [2.75, 3.05) is 31.1 Å². The second kappa shape index (κ2) is 7.23. The molecule has 2 aromatic rings. The van der Waals surface area contributed by atoms with Crippen molar-refractivity contribution in [3.63, 3.8) is 0 Å². The van der Waals surface area contributed by atoms with Crippen LogP contribution in [0.15, 0.2) is 48.7 Å². The molecule has 2 fully saturated rings. The molecule has 1 atom stereocenters. The lowest BCUT2D eigenvalue weighted by Gasteiger charge is -2.34. The number of hydrogen-bond donors (Lipinski definition) is 2. The predicted molar refractivity (Wildman–Crippen MR) is 98.7 cm³/mol. The first-order chi connectivity index (χ1) is 12.3. The first-order valence-corrected chi connectivity index (χ1v) is 9.07. The molecule has 130 valence electrons. The monoisotopic (exact) mass is 336 g/mol. The van der Waals surface area contributed by atoms with Crippen molar-refractivity contribution in [2.24, 2.45) is 5.92 Å². The summed E-state index contributed by atoms with van der Waals surface area (Å²) in [5, 5.41) is 6.59. The minimum absolute atomic E-state index is 0.00490. The Morgan fingerprint density at radius 1 is 1.24 bits per heavy atom. The Morgan fingerprint density at radius 2 is 2.08 bits per heavy atom. The van der Waals surface area contributed by atoms with Gasteiger partial charge in [0.05, 0.1) is 0 Å². The number of hydrogen-bond acceptors (Lipinski definition) is 4. The van der Waals surface area contributed by atoms with Crippen LogP contribution in [0.4, 0.5) is 5.82 Å². The van der Waals surface area contributed by atoms with Gasteiger partial charge in [0.1, 0.15) is 5.82 Å². The maximum atomic E-state index is 12.3. The van der Waals surface area contributed by atoms with E-state index in [1.165, 1.54) is 18.4 Å². The quantitative estimate of drug-likeness (QED) is 0.880. The second-order valence-corrected chi connectivity index (χ2v) is 6.92. The molecule has 1 amide bonds. The summed E-state index contributed by atoms with van der Waals surface area (Å²) in [4.78, 5) is 19.1. The third kappa shape index (κ3) is 3.99. The smallest absolute Gasteiger partial charge is 0.251 e. The molecular formula is C20H24N4O. The number of pyridine rings is 1. The SMILES string of the molecule is O=C(NCC1CC1)c1ccnc(N2CCN[C@H](c3ccccc3)C2)c1. The van der Waals surface area contributed by atoms with E-state index < -0.39 is 0 Å². The van der Waals surface area contributed by atoms with Crippen LogP contribution >= 0.6 is 0 Å². The zero-order chi connectivity index (χ0) is 17.1. The molecule has 0 bridgehead atoms. The van der Waals surface area contributed by atoms with Crippen LogP contribution in [-0.4, -0.2) is 37.1 Å². The van der Waals surface area contributed by atoms with Gasteiger partial charge in [-0.2, -0.15) is 0 Å². The van der Waals surface area contributed by atoms with Crippen LogP contribution < -0.4 is 15.5 Å². The van der Waals surface area contributed by atoms with Crippen molar-refractivity contribution in [2.45, 2.75) is 18.9 Å². The van der Waals surface area contributed by atoms with Crippen LogP contribution in [0.3, 0.4) is 0 Å². The molecule has 25 heavy (non-hydrogen) atoms. The van der Waals surface area contributed by atoms with Crippen LogP contribution in [0, 0.1) is 5.92 Å². The van der Waals surface area contributed by atoms with Gasteiger partial charge in [-0.3, -0.25) is 4.79 Å². The fourth-order valence-electron chi connectivity index (χ4n) is 3.26. The summed E-state index contributed by atoms with van der Waals surface area (Å²) in [5.41, 5.74) is 1.98. The molecule has 2 N–H and O–H groups in total. The van der Waals surface area contributed by atoms with Gasteiger partial charge in [-0.25, -0.2) is 4.98 Å². The molecule has 1 saturated carbocycles. The van der Waals surface area contributed by atoms with E-state index in [4.69, 9.17) is 0 Å². The highest BCUT2D eigenvalue weighted by molar-refractivity contribution is 5.94. The Hall–Kier alpha value is -2.40. The maximum Gasteiger partial charge on any atom is 0.251 e. The lowest BCUT2D eigenvalue weighted by atomic mass is 10.0. The van der Waals surface area contributed by atoms with Crippen molar-refractivity contribution in [1.29, 1.82) is 0 Å². The van der Waals surface area contributed by atoms with Gasteiger partial charge in [-0.05, 0) is 36.5 Å². The summed E-state index contributed by atoms with van der Waals surface area (Å²) in [6.45, 7) is 3.44. The van der Waals surface area contributed by atoms with Crippen LogP contribution in [0.5, 0.6) is 0 Å². The molecule has 2 aliphatic rings. The van der Waals surface area contributed by atoms with Crippen molar-refractivity contribution in [3.05, 3.63) is 59.8 Å². The highest BCUT2D eigenvalue weighted by atomic mass is 16.1. The van der Waals surface area contributed by atoms with Gasteiger partial charge in [-0.1, -0.05) is 30.3 Å². The molecule has 0 spiro atoms. The number of carbonyl (C=O) groups is 1. The van der Waals surface area contributed by atoms with Crippen LogP contribution in [0.1, 0.15) is 34.8 Å². The Labute approximate surface area is 148 Å². The van der Waals surface area contributed by atoms with Crippen LogP contribution in [0.2, 0.25) is 0 Å². The fraction of sp³-hybridized carbons (Fsp3) is 0.400. The fourth-order valence-corrected chi connectivity index (χ4v) is 3.26. The normalized spacial score (nSPS) is 20.3. The molecular weight excluding hydrogens is 312 g/mol. The molecule has 1 saturated heterocycles. The number of benzene rings is 1. The van der Waals surface area contributed by atoms with E-state index in [1.807, 2.05) is 12.1 Å². The summed E-state index contributed by atoms with van der Waals surface area (Å²) < 4.78 is 0. The first kappa shape index (κ1) is 16.1. The number of amides is 1. The highest BCUT2D eigenvalue weighted by Gasteiger charge is 2.23. The van der Waals surface area contributed by atoms with Gasteiger partial charge in [0.15, 0.2) is 0 Å². The Bertz CT molecular complexity index is 729. The molecule has 0 unspecified atom stereocenters. The molecule has 5 heteroatoms. The van der Waals surface area contributed by atoms with Gasteiger partial charge in [0, 0.05) is 44.0 Å². The third-order valence-corrected chi connectivity index (χ3v) is 4.96. The van der Waals surface area contributed by atoms with E-state index in [-0.39, 0.29) is 11.9 Å². The van der Waals surface area contributed by atoms with Gasteiger partial charge >= 0.3 is 0 Å². The lowest BCUT2D eigenvalue weighted by Crippen LogP contribution is -2.46. The van der Waals surface area contributed by atoms with E-state index in [2.05, 4.69) is 44.8 Å². The van der Waals surface area contributed by atoms with E-state index in [0.29, 0.717) is 11.5 Å². The molecule has 0 radical (unpaired) electrons. The Morgan fingerprint density at radius 3 is 2.88 bits per heavy atom. The Kier molecular flexibility index (Phi) is 4.65. The number of carbonyl (C=O) groups excluding carboxylic acids is 1. The van der Waals surface area contributed by atoms with E-state index in [0.717, 1.165) is 32.0 Å². The minimum Gasteiger partial charge on any atom is -0.353 e. The van der Waals surface area contributed by atoms with E-state index in [9.17, 15) is 4.79 Å². The highest BCUT2D eigenvalue weighted by Crippen LogP contribution is 2.27. The molecule has 1 aromatic heterocycles. The average Bonchev–Trinajstić information content (AvgIpc) is 3.51. The number of aromatic nitrogens is 1. The predicted octanol–water partition coefficient (Wildman–Crippen LogP) is 2.37. The standard InChI is InChI=1S/C20H24N4O/c25-20(23-13-15-6-7-15)17-8-9-22-19(12-17)24-11-10-21-18(14-24)16-4-2-1-3-5-16/h1-5,8-9,12,15,18,21H,6-7,10-11,13-14H2,(H,23,25)/t18-/m0/s1. The number of piperazine rings is 1. The summed E-state index contributed by atoms with van der Waals surface area (Å²) in [7, 11) is 0. The molecule has 5 nitrogen and oxygen atoms in total. The van der Waals surface area contributed by atoms with Crippen molar-refractivity contribution in [3.8, 4) is 0 Å².